The van der Waals surface area contributed by atoms with Crippen molar-refractivity contribution in [2.45, 2.75) is 13.0 Å². The third-order valence-corrected chi connectivity index (χ3v) is 3.34. The van der Waals surface area contributed by atoms with Gasteiger partial charge in [-0.25, -0.2) is 4.39 Å². The van der Waals surface area contributed by atoms with E-state index in [9.17, 15) is 4.39 Å². The van der Waals surface area contributed by atoms with Crippen LogP contribution in [0.5, 0.6) is 0 Å². The molecule has 1 aromatic carbocycles. The highest BCUT2D eigenvalue weighted by Crippen LogP contribution is 2.28. The molecule has 2 nitrogen and oxygen atoms in total. The average Bonchev–Trinajstić information content (AvgIpc) is 2.32. The minimum atomic E-state index is -0.344. The van der Waals surface area contributed by atoms with Gasteiger partial charge in [0.2, 0.25) is 0 Å². The summed E-state index contributed by atoms with van der Waals surface area (Å²) >= 11 is 9.46. The SMILES string of the molecule is CC(Nc1ccc(Br)cc1Cl)c1cncc(F)c1. The lowest BCUT2D eigenvalue weighted by molar-refractivity contribution is 0.616. The summed E-state index contributed by atoms with van der Waals surface area (Å²) in [6.45, 7) is 1.93. The number of pyridine rings is 1. The molecule has 0 saturated heterocycles. The molecule has 0 radical (unpaired) electrons. The first kappa shape index (κ1) is 13.3. The Labute approximate surface area is 118 Å². The first-order chi connectivity index (χ1) is 8.56. The second-order valence-corrected chi connectivity index (χ2v) is 5.25. The molecular formula is C13H11BrClFN2. The van der Waals surface area contributed by atoms with E-state index in [-0.39, 0.29) is 11.9 Å². The minimum absolute atomic E-state index is 0.0770. The van der Waals surface area contributed by atoms with Gasteiger partial charge in [0.25, 0.3) is 0 Å². The van der Waals surface area contributed by atoms with Gasteiger partial charge in [0.15, 0.2) is 0 Å². The van der Waals surface area contributed by atoms with Crippen LogP contribution in [0.4, 0.5) is 10.1 Å². The lowest BCUT2D eigenvalue weighted by Crippen LogP contribution is -2.07. The average molecular weight is 330 g/mol. The fraction of sp³-hybridized carbons (Fsp3) is 0.154. The van der Waals surface area contributed by atoms with Crippen LogP contribution in [0, 0.1) is 5.82 Å². The molecule has 94 valence electrons. The lowest BCUT2D eigenvalue weighted by Gasteiger charge is -2.16. The minimum Gasteiger partial charge on any atom is -0.377 e. The van der Waals surface area contributed by atoms with E-state index in [4.69, 9.17) is 11.6 Å². The Hall–Kier alpha value is -1.13. The summed E-state index contributed by atoms with van der Waals surface area (Å²) in [7, 11) is 0. The Morgan fingerprint density at radius 2 is 2.11 bits per heavy atom. The Morgan fingerprint density at radius 3 is 2.78 bits per heavy atom. The largest absolute Gasteiger partial charge is 0.377 e. The van der Waals surface area contributed by atoms with Gasteiger partial charge in [0.05, 0.1) is 22.9 Å². The molecule has 1 atom stereocenters. The van der Waals surface area contributed by atoms with E-state index in [1.54, 1.807) is 12.3 Å². The molecule has 0 amide bonds. The number of hydrogen-bond donors (Lipinski definition) is 1. The van der Waals surface area contributed by atoms with Crippen LogP contribution in [0.25, 0.3) is 0 Å². The molecule has 1 aromatic heterocycles. The highest BCUT2D eigenvalue weighted by atomic mass is 79.9. The molecule has 0 fully saturated rings. The maximum absolute atomic E-state index is 13.1. The number of aromatic nitrogens is 1. The zero-order valence-electron chi connectivity index (χ0n) is 9.62. The molecule has 0 aliphatic carbocycles. The smallest absolute Gasteiger partial charge is 0.141 e. The monoisotopic (exact) mass is 328 g/mol. The molecule has 0 aliphatic rings. The molecule has 1 unspecified atom stereocenters. The predicted octanol–water partition coefficient (Wildman–Crippen LogP) is 4.81. The van der Waals surface area contributed by atoms with E-state index in [0.717, 1.165) is 15.7 Å². The van der Waals surface area contributed by atoms with E-state index in [1.165, 1.54) is 12.3 Å². The van der Waals surface area contributed by atoms with Crippen LogP contribution in [0.1, 0.15) is 18.5 Å². The van der Waals surface area contributed by atoms with Gasteiger partial charge in [-0.3, -0.25) is 4.98 Å². The zero-order valence-corrected chi connectivity index (χ0v) is 12.0. The van der Waals surface area contributed by atoms with Gasteiger partial charge in [-0.1, -0.05) is 27.5 Å². The van der Waals surface area contributed by atoms with Crippen molar-refractivity contribution in [3.8, 4) is 0 Å². The second-order valence-electron chi connectivity index (χ2n) is 3.93. The summed E-state index contributed by atoms with van der Waals surface area (Å²) in [6.07, 6.45) is 2.82. The van der Waals surface area contributed by atoms with Crippen molar-refractivity contribution in [3.05, 3.63) is 57.5 Å². The summed E-state index contributed by atoms with van der Waals surface area (Å²) in [5.41, 5.74) is 1.57. The standard InChI is InChI=1S/C13H11BrClFN2/c1-8(9-4-11(16)7-17-6-9)18-13-3-2-10(14)5-12(13)15/h2-8,18H,1H3. The van der Waals surface area contributed by atoms with Crippen molar-refractivity contribution in [1.82, 2.24) is 4.98 Å². The summed E-state index contributed by atoms with van der Waals surface area (Å²) in [4.78, 5) is 3.83. The van der Waals surface area contributed by atoms with Crippen LogP contribution in [-0.2, 0) is 0 Å². The van der Waals surface area contributed by atoms with Crippen LogP contribution >= 0.6 is 27.5 Å². The predicted molar refractivity (Wildman–Crippen MR) is 75.4 cm³/mol. The van der Waals surface area contributed by atoms with Gasteiger partial charge in [0, 0.05) is 10.7 Å². The number of rotatable bonds is 3. The Balaban J connectivity index is 2.18. The number of anilines is 1. The number of nitrogens with zero attached hydrogens (tertiary/aromatic N) is 1. The molecule has 0 aliphatic heterocycles. The zero-order chi connectivity index (χ0) is 13.1. The van der Waals surface area contributed by atoms with E-state index in [2.05, 4.69) is 26.2 Å². The summed E-state index contributed by atoms with van der Waals surface area (Å²) in [5, 5.41) is 3.83. The van der Waals surface area contributed by atoms with Gasteiger partial charge in [-0.15, -0.1) is 0 Å². The van der Waals surface area contributed by atoms with Crippen LogP contribution in [0.15, 0.2) is 41.1 Å². The molecular weight excluding hydrogens is 319 g/mol. The van der Waals surface area contributed by atoms with Crippen molar-refractivity contribution >= 4 is 33.2 Å². The van der Waals surface area contributed by atoms with E-state index in [0.29, 0.717) is 5.02 Å². The fourth-order valence-corrected chi connectivity index (χ4v) is 2.32. The van der Waals surface area contributed by atoms with Gasteiger partial charge >= 0.3 is 0 Å². The highest BCUT2D eigenvalue weighted by molar-refractivity contribution is 9.10. The molecule has 0 saturated carbocycles. The maximum Gasteiger partial charge on any atom is 0.141 e. The van der Waals surface area contributed by atoms with Crippen molar-refractivity contribution in [2.75, 3.05) is 5.32 Å². The highest BCUT2D eigenvalue weighted by Gasteiger charge is 2.09. The van der Waals surface area contributed by atoms with E-state index < -0.39 is 0 Å². The number of nitrogens with one attached hydrogen (secondary N) is 1. The molecule has 0 spiro atoms. The molecule has 0 bridgehead atoms. The summed E-state index contributed by atoms with van der Waals surface area (Å²) < 4.78 is 14.0. The molecule has 2 aromatic rings. The van der Waals surface area contributed by atoms with Crippen molar-refractivity contribution in [2.24, 2.45) is 0 Å². The number of benzene rings is 1. The molecule has 5 heteroatoms. The summed E-state index contributed by atoms with van der Waals surface area (Å²) in [5.74, 6) is -0.344. The third-order valence-electron chi connectivity index (χ3n) is 2.53. The first-order valence-corrected chi connectivity index (χ1v) is 6.55. The van der Waals surface area contributed by atoms with Crippen molar-refractivity contribution in [1.29, 1.82) is 0 Å². The van der Waals surface area contributed by atoms with Crippen LogP contribution in [-0.4, -0.2) is 4.98 Å². The normalized spacial score (nSPS) is 12.2. The van der Waals surface area contributed by atoms with Gasteiger partial charge in [0.1, 0.15) is 5.82 Å². The topological polar surface area (TPSA) is 24.9 Å². The Kier molecular flexibility index (Phi) is 4.19. The Bertz CT molecular complexity index is 562. The molecule has 1 heterocycles. The quantitative estimate of drug-likeness (QED) is 0.874. The lowest BCUT2D eigenvalue weighted by atomic mass is 10.1. The van der Waals surface area contributed by atoms with E-state index in [1.807, 2.05) is 19.1 Å². The van der Waals surface area contributed by atoms with Crippen molar-refractivity contribution in [3.63, 3.8) is 0 Å². The van der Waals surface area contributed by atoms with Crippen LogP contribution in [0.2, 0.25) is 5.02 Å². The third kappa shape index (κ3) is 3.21. The summed E-state index contributed by atoms with van der Waals surface area (Å²) in [6, 6.07) is 6.95. The van der Waals surface area contributed by atoms with Crippen LogP contribution in [0.3, 0.4) is 0 Å². The van der Waals surface area contributed by atoms with Gasteiger partial charge in [-0.05, 0) is 36.8 Å². The number of halogens is 3. The fourth-order valence-electron chi connectivity index (χ4n) is 1.59. The Morgan fingerprint density at radius 1 is 1.33 bits per heavy atom. The molecule has 1 N–H and O–H groups in total. The number of hydrogen-bond acceptors (Lipinski definition) is 2. The van der Waals surface area contributed by atoms with Crippen LogP contribution < -0.4 is 5.32 Å². The van der Waals surface area contributed by atoms with E-state index >= 15 is 0 Å². The van der Waals surface area contributed by atoms with Gasteiger partial charge in [-0.2, -0.15) is 0 Å². The maximum atomic E-state index is 13.1. The molecule has 2 rings (SSSR count). The second kappa shape index (κ2) is 5.67. The van der Waals surface area contributed by atoms with Gasteiger partial charge < -0.3 is 5.32 Å². The van der Waals surface area contributed by atoms with Crippen molar-refractivity contribution < 1.29 is 4.39 Å². The first-order valence-electron chi connectivity index (χ1n) is 5.38. The molecule has 18 heavy (non-hydrogen) atoms.